The van der Waals surface area contributed by atoms with Gasteiger partial charge < -0.3 is 15.5 Å². The van der Waals surface area contributed by atoms with Crippen LogP contribution in [0.4, 0.5) is 4.79 Å². The molecule has 0 unspecified atom stereocenters. The standard InChI is InChI=1S/C15H29N3O/c1-2-10-18(14(19)17-11-6-7-12-17)15(13-16)8-4-3-5-9-15/h2-13,16H2,1H3. The van der Waals surface area contributed by atoms with Crippen molar-refractivity contribution in [3.05, 3.63) is 0 Å². The summed E-state index contributed by atoms with van der Waals surface area (Å²) in [5.41, 5.74) is 6.03. The van der Waals surface area contributed by atoms with Crippen LogP contribution in [0.15, 0.2) is 0 Å². The van der Waals surface area contributed by atoms with E-state index in [1.165, 1.54) is 19.3 Å². The molecule has 0 aromatic carbocycles. The SMILES string of the molecule is CCCN(C(=O)N1CCCC1)C1(CN)CCCCC1. The van der Waals surface area contributed by atoms with Gasteiger partial charge in [-0.05, 0) is 32.1 Å². The molecule has 1 saturated carbocycles. The fraction of sp³-hybridized carbons (Fsp3) is 0.933. The molecule has 1 aliphatic heterocycles. The smallest absolute Gasteiger partial charge is 0.320 e. The number of urea groups is 1. The minimum absolute atomic E-state index is 0.0616. The van der Waals surface area contributed by atoms with Gasteiger partial charge in [-0.3, -0.25) is 0 Å². The van der Waals surface area contributed by atoms with E-state index >= 15 is 0 Å². The number of rotatable bonds is 4. The zero-order valence-electron chi connectivity index (χ0n) is 12.4. The molecule has 0 atom stereocenters. The van der Waals surface area contributed by atoms with Crippen LogP contribution >= 0.6 is 0 Å². The summed E-state index contributed by atoms with van der Waals surface area (Å²) in [6, 6.07) is 0.242. The highest BCUT2D eigenvalue weighted by molar-refractivity contribution is 5.75. The van der Waals surface area contributed by atoms with E-state index in [9.17, 15) is 4.79 Å². The summed E-state index contributed by atoms with van der Waals surface area (Å²) in [5.74, 6) is 0. The first-order chi connectivity index (χ1) is 9.23. The maximum absolute atomic E-state index is 12.8. The third-order valence-electron chi connectivity index (χ3n) is 4.79. The second-order valence-electron chi connectivity index (χ2n) is 6.12. The van der Waals surface area contributed by atoms with Crippen LogP contribution in [-0.2, 0) is 0 Å². The van der Waals surface area contributed by atoms with Crippen LogP contribution in [0.3, 0.4) is 0 Å². The van der Waals surface area contributed by atoms with Crippen molar-refractivity contribution in [3.63, 3.8) is 0 Å². The Balaban J connectivity index is 2.14. The first-order valence-electron chi connectivity index (χ1n) is 8.00. The van der Waals surface area contributed by atoms with Gasteiger partial charge in [-0.15, -0.1) is 0 Å². The average molecular weight is 267 g/mol. The molecule has 0 aromatic heterocycles. The molecule has 2 rings (SSSR count). The van der Waals surface area contributed by atoms with E-state index in [-0.39, 0.29) is 11.6 Å². The third kappa shape index (κ3) is 3.04. The lowest BCUT2D eigenvalue weighted by molar-refractivity contribution is 0.0656. The highest BCUT2D eigenvalue weighted by atomic mass is 16.2. The molecule has 4 nitrogen and oxygen atoms in total. The molecular formula is C15H29N3O. The van der Waals surface area contributed by atoms with E-state index in [1.54, 1.807) is 0 Å². The third-order valence-corrected chi connectivity index (χ3v) is 4.79. The van der Waals surface area contributed by atoms with Gasteiger partial charge in [0, 0.05) is 26.2 Å². The van der Waals surface area contributed by atoms with Gasteiger partial charge in [0.1, 0.15) is 0 Å². The topological polar surface area (TPSA) is 49.6 Å². The Labute approximate surface area is 117 Å². The van der Waals surface area contributed by atoms with Gasteiger partial charge in [-0.2, -0.15) is 0 Å². The minimum atomic E-state index is -0.0616. The normalized spacial score (nSPS) is 22.5. The fourth-order valence-electron chi connectivity index (χ4n) is 3.63. The lowest BCUT2D eigenvalue weighted by Gasteiger charge is -2.47. The molecule has 4 heteroatoms. The Morgan fingerprint density at radius 1 is 1.16 bits per heavy atom. The number of carbonyl (C=O) groups is 1. The first-order valence-corrected chi connectivity index (χ1v) is 8.00. The highest BCUT2D eigenvalue weighted by Crippen LogP contribution is 2.34. The number of nitrogens with two attached hydrogens (primary N) is 1. The van der Waals surface area contributed by atoms with Crippen LogP contribution in [0.25, 0.3) is 0 Å². The Morgan fingerprint density at radius 3 is 2.32 bits per heavy atom. The van der Waals surface area contributed by atoms with E-state index in [0.29, 0.717) is 6.54 Å². The summed E-state index contributed by atoms with van der Waals surface area (Å²) in [7, 11) is 0. The van der Waals surface area contributed by atoms with Crippen LogP contribution in [0, 0.1) is 0 Å². The molecule has 2 aliphatic rings. The van der Waals surface area contributed by atoms with E-state index < -0.39 is 0 Å². The number of hydrogen-bond acceptors (Lipinski definition) is 2. The molecule has 110 valence electrons. The number of hydrogen-bond donors (Lipinski definition) is 1. The van der Waals surface area contributed by atoms with Gasteiger partial charge in [0.25, 0.3) is 0 Å². The molecule has 2 N–H and O–H groups in total. The van der Waals surface area contributed by atoms with Crippen LogP contribution in [-0.4, -0.2) is 47.5 Å². The summed E-state index contributed by atoms with van der Waals surface area (Å²) in [6.07, 6.45) is 9.21. The van der Waals surface area contributed by atoms with E-state index in [0.717, 1.165) is 51.7 Å². The minimum Gasteiger partial charge on any atom is -0.328 e. The quantitative estimate of drug-likeness (QED) is 0.851. The summed E-state index contributed by atoms with van der Waals surface area (Å²) in [5, 5.41) is 0. The molecule has 0 radical (unpaired) electrons. The van der Waals surface area contributed by atoms with Crippen molar-refractivity contribution < 1.29 is 4.79 Å². The summed E-state index contributed by atoms with van der Waals surface area (Å²) in [6.45, 7) is 5.48. The monoisotopic (exact) mass is 267 g/mol. The van der Waals surface area contributed by atoms with Crippen molar-refractivity contribution in [3.8, 4) is 0 Å². The predicted molar refractivity (Wildman–Crippen MR) is 78.1 cm³/mol. The Hall–Kier alpha value is -0.770. The number of nitrogens with zero attached hydrogens (tertiary/aromatic N) is 2. The van der Waals surface area contributed by atoms with Crippen molar-refractivity contribution in [2.75, 3.05) is 26.2 Å². The molecule has 2 fully saturated rings. The second kappa shape index (κ2) is 6.60. The first kappa shape index (κ1) is 14.6. The van der Waals surface area contributed by atoms with Crippen LogP contribution < -0.4 is 5.73 Å². The summed E-state index contributed by atoms with van der Waals surface area (Å²) in [4.78, 5) is 16.9. The van der Waals surface area contributed by atoms with Crippen LogP contribution in [0.5, 0.6) is 0 Å². The van der Waals surface area contributed by atoms with Gasteiger partial charge >= 0.3 is 6.03 Å². The lowest BCUT2D eigenvalue weighted by atomic mass is 9.80. The average Bonchev–Trinajstić information content (AvgIpc) is 2.99. The van der Waals surface area contributed by atoms with Gasteiger partial charge in [0.2, 0.25) is 0 Å². The fourth-order valence-corrected chi connectivity index (χ4v) is 3.63. The van der Waals surface area contributed by atoms with Crippen molar-refractivity contribution in [1.82, 2.24) is 9.80 Å². The van der Waals surface area contributed by atoms with E-state index in [1.807, 2.05) is 4.90 Å². The van der Waals surface area contributed by atoms with Crippen LogP contribution in [0.2, 0.25) is 0 Å². The maximum Gasteiger partial charge on any atom is 0.320 e. The highest BCUT2D eigenvalue weighted by Gasteiger charge is 2.40. The van der Waals surface area contributed by atoms with Gasteiger partial charge in [0.05, 0.1) is 5.54 Å². The summed E-state index contributed by atoms with van der Waals surface area (Å²) < 4.78 is 0. The number of amides is 2. The van der Waals surface area contributed by atoms with Gasteiger partial charge in [-0.1, -0.05) is 26.2 Å². The lowest BCUT2D eigenvalue weighted by Crippen LogP contribution is -2.60. The Bertz CT molecular complexity index is 294. The second-order valence-corrected chi connectivity index (χ2v) is 6.12. The largest absolute Gasteiger partial charge is 0.328 e. The predicted octanol–water partition coefficient (Wildman–Crippen LogP) is 2.58. The van der Waals surface area contributed by atoms with Crippen molar-refractivity contribution >= 4 is 6.03 Å². The molecule has 0 aromatic rings. The maximum atomic E-state index is 12.8. The zero-order chi connectivity index (χ0) is 13.7. The molecule has 1 heterocycles. The van der Waals surface area contributed by atoms with Crippen molar-refractivity contribution in [2.24, 2.45) is 5.73 Å². The Morgan fingerprint density at radius 2 is 1.79 bits per heavy atom. The molecule has 0 spiro atoms. The molecule has 19 heavy (non-hydrogen) atoms. The molecule has 0 bridgehead atoms. The summed E-state index contributed by atoms with van der Waals surface area (Å²) >= 11 is 0. The van der Waals surface area contributed by atoms with E-state index in [4.69, 9.17) is 5.73 Å². The molecule has 1 saturated heterocycles. The van der Waals surface area contributed by atoms with Crippen molar-refractivity contribution in [1.29, 1.82) is 0 Å². The molecule has 1 aliphatic carbocycles. The number of carbonyl (C=O) groups excluding carboxylic acids is 1. The van der Waals surface area contributed by atoms with Gasteiger partial charge in [-0.25, -0.2) is 4.79 Å². The van der Waals surface area contributed by atoms with Crippen molar-refractivity contribution in [2.45, 2.75) is 63.8 Å². The van der Waals surface area contributed by atoms with Gasteiger partial charge in [0.15, 0.2) is 0 Å². The van der Waals surface area contributed by atoms with E-state index in [2.05, 4.69) is 11.8 Å². The number of likely N-dealkylation sites (tertiary alicyclic amines) is 1. The zero-order valence-corrected chi connectivity index (χ0v) is 12.4. The van der Waals surface area contributed by atoms with Crippen LogP contribution in [0.1, 0.15) is 58.3 Å². The Kier molecular flexibility index (Phi) is 5.08. The molecule has 2 amide bonds. The molecular weight excluding hydrogens is 238 g/mol.